The largest absolute Gasteiger partial charge is 0.368 e. The van der Waals surface area contributed by atoms with Gasteiger partial charge in [0.1, 0.15) is 0 Å². The minimum absolute atomic E-state index is 0.131. The summed E-state index contributed by atoms with van der Waals surface area (Å²) in [5.74, 6) is 0. The second-order valence-electron chi connectivity index (χ2n) is 6.75. The van der Waals surface area contributed by atoms with E-state index in [1.165, 1.54) is 29.7 Å². The molecule has 1 saturated carbocycles. The van der Waals surface area contributed by atoms with Crippen molar-refractivity contribution in [2.75, 3.05) is 31.1 Å². The van der Waals surface area contributed by atoms with E-state index in [2.05, 4.69) is 42.3 Å². The molecule has 0 spiro atoms. The third-order valence-corrected chi connectivity index (χ3v) is 4.82. The van der Waals surface area contributed by atoms with Crippen LogP contribution in [0.25, 0.3) is 0 Å². The topological polar surface area (TPSA) is 35.6 Å². The number of carbonyl (C=O) groups is 1. The number of nitrogens with one attached hydrogen (secondary N) is 1. The second kappa shape index (κ2) is 6.59. The quantitative estimate of drug-likeness (QED) is 0.911. The molecule has 1 saturated heterocycles. The summed E-state index contributed by atoms with van der Waals surface area (Å²) in [6.07, 6.45) is 4.80. The standard InChI is InChI=1S/C18H27N3O/c1-14-11-15(2)13-17(12-14)20-7-9-21(10-8-20)18(22)19-16-5-3-4-6-16/h11-13,16H,3-10H2,1-2H3,(H,19,22). The molecule has 1 aromatic rings. The predicted molar refractivity (Wildman–Crippen MR) is 90.5 cm³/mol. The molecule has 4 nitrogen and oxygen atoms in total. The van der Waals surface area contributed by atoms with Gasteiger partial charge >= 0.3 is 6.03 Å². The van der Waals surface area contributed by atoms with E-state index in [9.17, 15) is 4.79 Å². The van der Waals surface area contributed by atoms with Crippen LogP contribution in [0.5, 0.6) is 0 Å². The van der Waals surface area contributed by atoms with Crippen LogP contribution in [0, 0.1) is 13.8 Å². The van der Waals surface area contributed by atoms with Gasteiger partial charge in [0.15, 0.2) is 0 Å². The van der Waals surface area contributed by atoms with Gasteiger partial charge in [-0.1, -0.05) is 18.9 Å². The zero-order chi connectivity index (χ0) is 15.5. The molecule has 3 rings (SSSR count). The maximum atomic E-state index is 12.3. The number of hydrogen-bond acceptors (Lipinski definition) is 2. The van der Waals surface area contributed by atoms with Crippen LogP contribution in [0.4, 0.5) is 10.5 Å². The molecule has 2 amide bonds. The third kappa shape index (κ3) is 3.54. The Hall–Kier alpha value is -1.71. The summed E-state index contributed by atoms with van der Waals surface area (Å²) in [6, 6.07) is 7.22. The highest BCUT2D eigenvalue weighted by Crippen LogP contribution is 2.21. The first kappa shape index (κ1) is 15.2. The molecule has 1 aliphatic carbocycles. The zero-order valence-corrected chi connectivity index (χ0v) is 13.8. The fourth-order valence-electron chi connectivity index (χ4n) is 3.64. The Morgan fingerprint density at radius 3 is 2.18 bits per heavy atom. The molecular weight excluding hydrogens is 274 g/mol. The SMILES string of the molecule is Cc1cc(C)cc(N2CCN(C(=O)NC3CCCC3)CC2)c1. The normalized spacial score (nSPS) is 19.5. The third-order valence-electron chi connectivity index (χ3n) is 4.82. The lowest BCUT2D eigenvalue weighted by Crippen LogP contribution is -2.53. The highest BCUT2D eigenvalue weighted by Gasteiger charge is 2.24. The van der Waals surface area contributed by atoms with Gasteiger partial charge in [-0.2, -0.15) is 0 Å². The fourth-order valence-corrected chi connectivity index (χ4v) is 3.64. The first-order valence-electron chi connectivity index (χ1n) is 8.50. The van der Waals surface area contributed by atoms with E-state index in [-0.39, 0.29) is 6.03 Å². The van der Waals surface area contributed by atoms with E-state index in [1.54, 1.807) is 0 Å². The predicted octanol–water partition coefficient (Wildman–Crippen LogP) is 3.08. The number of rotatable bonds is 2. The van der Waals surface area contributed by atoms with Crippen molar-refractivity contribution in [1.82, 2.24) is 10.2 Å². The van der Waals surface area contributed by atoms with Gasteiger partial charge in [-0.3, -0.25) is 0 Å². The van der Waals surface area contributed by atoms with Gasteiger partial charge in [-0.25, -0.2) is 4.79 Å². The van der Waals surface area contributed by atoms with Gasteiger partial charge in [0.05, 0.1) is 0 Å². The Morgan fingerprint density at radius 1 is 1.00 bits per heavy atom. The van der Waals surface area contributed by atoms with Crippen molar-refractivity contribution >= 4 is 11.7 Å². The Bertz CT molecular complexity index is 509. The average Bonchev–Trinajstić information content (AvgIpc) is 2.99. The van der Waals surface area contributed by atoms with E-state index in [4.69, 9.17) is 0 Å². The van der Waals surface area contributed by atoms with Crippen molar-refractivity contribution in [3.8, 4) is 0 Å². The summed E-state index contributed by atoms with van der Waals surface area (Å²) in [6.45, 7) is 7.74. The van der Waals surface area contributed by atoms with Crippen LogP contribution >= 0.6 is 0 Å². The molecule has 0 radical (unpaired) electrons. The van der Waals surface area contributed by atoms with Crippen molar-refractivity contribution in [2.24, 2.45) is 0 Å². The number of hydrogen-bond donors (Lipinski definition) is 1. The Kier molecular flexibility index (Phi) is 4.55. The molecule has 1 N–H and O–H groups in total. The molecule has 1 aliphatic heterocycles. The maximum absolute atomic E-state index is 12.3. The van der Waals surface area contributed by atoms with Crippen LogP contribution < -0.4 is 10.2 Å². The van der Waals surface area contributed by atoms with E-state index < -0.39 is 0 Å². The minimum atomic E-state index is 0.131. The van der Waals surface area contributed by atoms with Gasteiger partial charge < -0.3 is 15.1 Å². The average molecular weight is 301 g/mol. The van der Waals surface area contributed by atoms with Crippen molar-refractivity contribution in [3.05, 3.63) is 29.3 Å². The molecule has 2 fully saturated rings. The van der Waals surface area contributed by atoms with Gasteiger partial charge in [-0.05, 0) is 49.9 Å². The van der Waals surface area contributed by atoms with E-state index in [0.29, 0.717) is 6.04 Å². The number of carbonyl (C=O) groups excluding carboxylic acids is 1. The molecule has 0 unspecified atom stereocenters. The van der Waals surface area contributed by atoms with Crippen molar-refractivity contribution in [1.29, 1.82) is 0 Å². The second-order valence-corrected chi connectivity index (χ2v) is 6.75. The summed E-state index contributed by atoms with van der Waals surface area (Å²) in [5, 5.41) is 3.19. The lowest BCUT2D eigenvalue weighted by atomic mass is 10.1. The summed E-state index contributed by atoms with van der Waals surface area (Å²) >= 11 is 0. The minimum Gasteiger partial charge on any atom is -0.368 e. The molecule has 1 aromatic carbocycles. The van der Waals surface area contributed by atoms with Crippen LogP contribution in [0.3, 0.4) is 0 Å². The van der Waals surface area contributed by atoms with Crippen LogP contribution in [0.2, 0.25) is 0 Å². The van der Waals surface area contributed by atoms with Gasteiger partial charge in [0.25, 0.3) is 0 Å². The highest BCUT2D eigenvalue weighted by molar-refractivity contribution is 5.75. The summed E-state index contributed by atoms with van der Waals surface area (Å²) < 4.78 is 0. The highest BCUT2D eigenvalue weighted by atomic mass is 16.2. The van der Waals surface area contributed by atoms with Gasteiger partial charge in [0, 0.05) is 37.9 Å². The van der Waals surface area contributed by atoms with E-state index in [1.807, 2.05) is 4.90 Å². The van der Waals surface area contributed by atoms with Crippen LogP contribution in [0.15, 0.2) is 18.2 Å². The number of urea groups is 1. The van der Waals surface area contributed by atoms with Crippen molar-refractivity contribution < 1.29 is 4.79 Å². The number of aryl methyl sites for hydroxylation is 2. The van der Waals surface area contributed by atoms with Gasteiger partial charge in [0.2, 0.25) is 0 Å². The molecule has 2 aliphatic rings. The molecular formula is C18H27N3O. The van der Waals surface area contributed by atoms with E-state index >= 15 is 0 Å². The van der Waals surface area contributed by atoms with Crippen molar-refractivity contribution in [3.63, 3.8) is 0 Å². The van der Waals surface area contributed by atoms with Crippen LogP contribution in [0.1, 0.15) is 36.8 Å². The van der Waals surface area contributed by atoms with Gasteiger partial charge in [-0.15, -0.1) is 0 Å². The molecule has 0 aromatic heterocycles. The first-order valence-corrected chi connectivity index (χ1v) is 8.50. The first-order chi connectivity index (χ1) is 10.6. The number of benzene rings is 1. The molecule has 1 heterocycles. The maximum Gasteiger partial charge on any atom is 0.317 e. The fraction of sp³-hybridized carbons (Fsp3) is 0.611. The lowest BCUT2D eigenvalue weighted by molar-refractivity contribution is 0.190. The van der Waals surface area contributed by atoms with E-state index in [0.717, 1.165) is 39.0 Å². The summed E-state index contributed by atoms with van der Waals surface area (Å²) in [7, 11) is 0. The zero-order valence-electron chi connectivity index (χ0n) is 13.8. The Balaban J connectivity index is 1.54. The van der Waals surface area contributed by atoms with Crippen LogP contribution in [-0.2, 0) is 0 Å². The Morgan fingerprint density at radius 2 is 1.59 bits per heavy atom. The molecule has 120 valence electrons. The molecule has 22 heavy (non-hydrogen) atoms. The number of amides is 2. The number of nitrogens with zero attached hydrogens (tertiary/aromatic N) is 2. The monoisotopic (exact) mass is 301 g/mol. The molecule has 4 heteroatoms. The van der Waals surface area contributed by atoms with Crippen LogP contribution in [-0.4, -0.2) is 43.2 Å². The summed E-state index contributed by atoms with van der Waals surface area (Å²) in [5.41, 5.74) is 3.89. The smallest absolute Gasteiger partial charge is 0.317 e. The molecule has 0 bridgehead atoms. The lowest BCUT2D eigenvalue weighted by Gasteiger charge is -2.36. The molecule has 0 atom stereocenters. The van der Waals surface area contributed by atoms with Crippen molar-refractivity contribution in [2.45, 2.75) is 45.6 Å². The summed E-state index contributed by atoms with van der Waals surface area (Å²) in [4.78, 5) is 16.7. The number of piperazine rings is 1. The Labute approximate surface area is 133 Å². The number of anilines is 1.